The quantitative estimate of drug-likeness (QED) is 0.551. The lowest BCUT2D eigenvalue weighted by molar-refractivity contribution is 0.0130. The lowest BCUT2D eigenvalue weighted by Crippen LogP contribution is -2.59. The zero-order valence-electron chi connectivity index (χ0n) is 19.8. The molecule has 3 aromatic rings. The van der Waals surface area contributed by atoms with Crippen LogP contribution in [0.2, 0.25) is 0 Å². The Balaban J connectivity index is 1.70. The van der Waals surface area contributed by atoms with Crippen molar-refractivity contribution < 1.29 is 18.3 Å². The summed E-state index contributed by atoms with van der Waals surface area (Å²) < 4.78 is 35.0. The van der Waals surface area contributed by atoms with Crippen molar-refractivity contribution in [2.45, 2.75) is 59.2 Å². The van der Waals surface area contributed by atoms with E-state index in [1.165, 1.54) is 18.5 Å². The van der Waals surface area contributed by atoms with Crippen molar-refractivity contribution in [3.05, 3.63) is 47.9 Å². The number of hydrogen-bond donors (Lipinski definition) is 0. The predicted octanol–water partition coefficient (Wildman–Crippen LogP) is 4.84. The van der Waals surface area contributed by atoms with Gasteiger partial charge in [0.05, 0.1) is 11.1 Å². The molecule has 176 valence electrons. The van der Waals surface area contributed by atoms with Gasteiger partial charge in [-0.3, -0.25) is 0 Å². The molecule has 1 saturated heterocycles. The summed E-state index contributed by atoms with van der Waals surface area (Å²) in [5.74, 6) is -0.574. The van der Waals surface area contributed by atoms with Crippen LogP contribution >= 0.6 is 0 Å². The molecule has 1 fully saturated rings. The van der Waals surface area contributed by atoms with Gasteiger partial charge in [0.15, 0.2) is 0 Å². The van der Waals surface area contributed by atoms with Crippen LogP contribution in [0.4, 0.5) is 19.4 Å². The number of aryl methyl sites for hydroxylation is 1. The Labute approximate surface area is 192 Å². The van der Waals surface area contributed by atoms with E-state index in [1.54, 1.807) is 9.47 Å². The number of halogens is 2. The molecule has 1 aliphatic heterocycles. The Kier molecular flexibility index (Phi) is 5.76. The van der Waals surface area contributed by atoms with Crippen LogP contribution in [0.3, 0.4) is 0 Å². The minimum atomic E-state index is -0.653. The summed E-state index contributed by atoms with van der Waals surface area (Å²) in [6.07, 6.45) is 2.94. The summed E-state index contributed by atoms with van der Waals surface area (Å²) in [6, 6.07) is 3.26. The maximum Gasteiger partial charge on any atom is 0.410 e. The Morgan fingerprint density at radius 3 is 2.36 bits per heavy atom. The van der Waals surface area contributed by atoms with Gasteiger partial charge in [-0.05, 0) is 59.2 Å². The number of amides is 1. The Morgan fingerprint density at radius 2 is 1.73 bits per heavy atom. The van der Waals surface area contributed by atoms with E-state index in [2.05, 4.69) is 14.9 Å². The normalized spacial score (nSPS) is 19.3. The molecule has 0 radical (unpaired) electrons. The first-order chi connectivity index (χ1) is 15.4. The lowest BCUT2D eigenvalue weighted by Gasteiger charge is -2.44. The average molecular weight is 458 g/mol. The Bertz CT molecular complexity index is 1180. The lowest BCUT2D eigenvalue weighted by atomic mass is 10.1. The number of rotatable bonds is 2. The second-order valence-electron chi connectivity index (χ2n) is 9.69. The van der Waals surface area contributed by atoms with Crippen LogP contribution in [0.5, 0.6) is 0 Å². The highest BCUT2D eigenvalue weighted by Gasteiger charge is 2.36. The van der Waals surface area contributed by atoms with E-state index in [0.717, 1.165) is 22.8 Å². The summed E-state index contributed by atoms with van der Waals surface area (Å²) >= 11 is 0. The molecule has 0 bridgehead atoms. The van der Waals surface area contributed by atoms with E-state index >= 15 is 0 Å². The van der Waals surface area contributed by atoms with Gasteiger partial charge >= 0.3 is 6.09 Å². The van der Waals surface area contributed by atoms with Gasteiger partial charge in [-0.2, -0.15) is 0 Å². The van der Waals surface area contributed by atoms with E-state index in [9.17, 15) is 13.6 Å². The molecule has 33 heavy (non-hydrogen) atoms. The van der Waals surface area contributed by atoms with Crippen molar-refractivity contribution in [2.24, 2.45) is 0 Å². The molecule has 0 saturated carbocycles. The van der Waals surface area contributed by atoms with Gasteiger partial charge in [-0.1, -0.05) is 0 Å². The third kappa shape index (κ3) is 4.49. The first kappa shape index (κ1) is 22.9. The molecule has 2 atom stereocenters. The summed E-state index contributed by atoms with van der Waals surface area (Å²) in [7, 11) is 0. The van der Waals surface area contributed by atoms with Gasteiger partial charge in [0.1, 0.15) is 35.0 Å². The number of hydrogen-bond acceptors (Lipinski definition) is 5. The Morgan fingerprint density at radius 1 is 1.06 bits per heavy atom. The fraction of sp³-hybridized carbons (Fsp3) is 0.458. The number of anilines is 1. The third-order valence-corrected chi connectivity index (χ3v) is 5.76. The summed E-state index contributed by atoms with van der Waals surface area (Å²) in [5.41, 5.74) is 1.25. The topological polar surface area (TPSA) is 63.5 Å². The smallest absolute Gasteiger partial charge is 0.410 e. The maximum atomic E-state index is 13.9. The molecule has 7 nitrogen and oxygen atoms in total. The van der Waals surface area contributed by atoms with Crippen LogP contribution in [0, 0.1) is 18.6 Å². The molecule has 1 aromatic carbocycles. The van der Waals surface area contributed by atoms with Gasteiger partial charge in [0.25, 0.3) is 0 Å². The van der Waals surface area contributed by atoms with E-state index in [0.29, 0.717) is 24.4 Å². The maximum absolute atomic E-state index is 13.9. The number of nitrogens with zero attached hydrogens (tertiary/aromatic N) is 5. The fourth-order valence-electron chi connectivity index (χ4n) is 4.31. The van der Waals surface area contributed by atoms with Crippen LogP contribution in [-0.2, 0) is 4.74 Å². The summed E-state index contributed by atoms with van der Waals surface area (Å²) in [4.78, 5) is 25.6. The number of piperazine rings is 1. The van der Waals surface area contributed by atoms with Crippen LogP contribution in [0.1, 0.15) is 40.2 Å². The highest BCUT2D eigenvalue weighted by molar-refractivity contribution is 5.92. The molecular weight excluding hydrogens is 428 g/mol. The third-order valence-electron chi connectivity index (χ3n) is 5.76. The standard InChI is InChI=1S/C24H29F2N5O2/c1-14-10-31(19-8-17(25)7-18(26)9-19)22-20(14)21(27-13-28-22)29-11-16(3)30(12-15(29)2)23(32)33-24(4,5)6/h7-10,13,15-16H,11-12H2,1-6H3/t15-,16+/m0/s1. The molecule has 9 heteroatoms. The number of carbonyl (C=O) groups is 1. The van der Waals surface area contributed by atoms with E-state index < -0.39 is 17.2 Å². The van der Waals surface area contributed by atoms with Crippen LogP contribution in [-0.4, -0.2) is 56.3 Å². The van der Waals surface area contributed by atoms with Crippen LogP contribution in [0.25, 0.3) is 16.7 Å². The summed E-state index contributed by atoms with van der Waals surface area (Å²) in [5, 5.41) is 0.812. The molecule has 0 aliphatic carbocycles. The highest BCUT2D eigenvalue weighted by atomic mass is 19.1. The van der Waals surface area contributed by atoms with Crippen molar-refractivity contribution in [2.75, 3.05) is 18.0 Å². The van der Waals surface area contributed by atoms with Crippen molar-refractivity contribution in [3.8, 4) is 5.69 Å². The molecule has 0 spiro atoms. The van der Waals surface area contributed by atoms with E-state index in [1.807, 2.05) is 47.7 Å². The van der Waals surface area contributed by atoms with Crippen molar-refractivity contribution >= 4 is 22.9 Å². The first-order valence-corrected chi connectivity index (χ1v) is 11.0. The monoisotopic (exact) mass is 457 g/mol. The number of aromatic nitrogens is 3. The molecule has 1 aliphatic rings. The second-order valence-corrected chi connectivity index (χ2v) is 9.69. The van der Waals surface area contributed by atoms with Gasteiger partial charge in [0.2, 0.25) is 0 Å². The van der Waals surface area contributed by atoms with Crippen LogP contribution < -0.4 is 4.90 Å². The van der Waals surface area contributed by atoms with E-state index in [-0.39, 0.29) is 18.2 Å². The minimum Gasteiger partial charge on any atom is -0.444 e. The van der Waals surface area contributed by atoms with E-state index in [4.69, 9.17) is 4.74 Å². The molecular formula is C24H29F2N5O2. The van der Waals surface area contributed by atoms with Crippen LogP contribution in [0.15, 0.2) is 30.7 Å². The molecule has 4 rings (SSSR count). The highest BCUT2D eigenvalue weighted by Crippen LogP contribution is 2.33. The zero-order chi connectivity index (χ0) is 24.1. The SMILES string of the molecule is Cc1cn(-c2cc(F)cc(F)c2)c2ncnc(N3C[C@@H](C)N(C(=O)OC(C)(C)C)C[C@@H]3C)c12. The van der Waals surface area contributed by atoms with Gasteiger partial charge in [-0.15, -0.1) is 0 Å². The first-order valence-electron chi connectivity index (χ1n) is 11.0. The van der Waals surface area contributed by atoms with Gasteiger partial charge in [0, 0.05) is 37.4 Å². The molecule has 2 aromatic heterocycles. The zero-order valence-corrected chi connectivity index (χ0v) is 19.8. The predicted molar refractivity (Wildman–Crippen MR) is 123 cm³/mol. The largest absolute Gasteiger partial charge is 0.444 e. The number of fused-ring (bicyclic) bond motifs is 1. The Hall–Kier alpha value is -3.23. The van der Waals surface area contributed by atoms with Crippen molar-refractivity contribution in [1.82, 2.24) is 19.4 Å². The number of carbonyl (C=O) groups excluding carboxylic acids is 1. The van der Waals surface area contributed by atoms with Gasteiger partial charge in [-0.25, -0.2) is 23.5 Å². The molecule has 0 unspecified atom stereocenters. The minimum absolute atomic E-state index is 0.0267. The number of benzene rings is 1. The fourth-order valence-corrected chi connectivity index (χ4v) is 4.31. The van der Waals surface area contributed by atoms with Gasteiger partial charge < -0.3 is 19.1 Å². The van der Waals surface area contributed by atoms with Crippen molar-refractivity contribution in [1.29, 1.82) is 0 Å². The number of ether oxygens (including phenoxy) is 1. The molecule has 1 amide bonds. The average Bonchev–Trinajstić information content (AvgIpc) is 3.04. The summed E-state index contributed by atoms with van der Waals surface area (Å²) in [6.45, 7) is 12.5. The molecule has 3 heterocycles. The van der Waals surface area contributed by atoms with Crippen molar-refractivity contribution in [3.63, 3.8) is 0 Å². The second kappa shape index (κ2) is 8.28. The molecule has 0 N–H and O–H groups in total.